The van der Waals surface area contributed by atoms with Gasteiger partial charge >= 0.3 is 19.6 Å². The van der Waals surface area contributed by atoms with Gasteiger partial charge in [-0.25, -0.2) is 9.78 Å². The van der Waals surface area contributed by atoms with Crippen LogP contribution in [0.5, 0.6) is 11.9 Å². The Morgan fingerprint density at radius 3 is 2.44 bits per heavy atom. The Bertz CT molecular complexity index is 1080. The summed E-state index contributed by atoms with van der Waals surface area (Å²) >= 11 is 0. The second-order valence-corrected chi connectivity index (χ2v) is 10.0. The standard InChI is InChI=1S/C18H27N4O11P/c1-18(2,3)33-15(25)16(34(26,27)28)31-6-8-10(23)11(24)14(32-8)22-7-19-9-12(22)20-17(30-5)21-13(9)29-4/h7-8,10-11,14,16,23-24H,6H2,1-5H3,(H2,26,27,28)/t8-,10-,11-,14-,16?/m1/s1. The van der Waals surface area contributed by atoms with Crippen LogP contribution >= 0.6 is 7.60 Å². The summed E-state index contributed by atoms with van der Waals surface area (Å²) in [5.41, 5.74) is -0.617. The Labute approximate surface area is 193 Å². The molecule has 16 heteroatoms. The average molecular weight is 506 g/mol. The first-order valence-corrected chi connectivity index (χ1v) is 11.7. The molecule has 3 rings (SSSR count). The van der Waals surface area contributed by atoms with E-state index in [1.165, 1.54) is 45.9 Å². The molecule has 2 aromatic heterocycles. The minimum Gasteiger partial charge on any atom is -0.479 e. The molecule has 0 saturated carbocycles. The minimum atomic E-state index is -5.08. The van der Waals surface area contributed by atoms with Crippen LogP contribution in [0.3, 0.4) is 0 Å². The van der Waals surface area contributed by atoms with Gasteiger partial charge in [0.1, 0.15) is 23.9 Å². The number of aliphatic hydroxyl groups excluding tert-OH is 2. The Balaban J connectivity index is 1.81. The van der Waals surface area contributed by atoms with Crippen molar-refractivity contribution in [2.75, 3.05) is 20.8 Å². The average Bonchev–Trinajstić information content (AvgIpc) is 3.26. The SMILES string of the molecule is COc1nc(OC)c2ncn([C@@H]3O[C@H](COC(C(=O)OC(C)(C)C)P(=O)(O)O)[C@@H](O)[C@H]3O)c2n1. The summed E-state index contributed by atoms with van der Waals surface area (Å²) in [6.45, 7) is 3.93. The Morgan fingerprint density at radius 2 is 1.88 bits per heavy atom. The maximum Gasteiger partial charge on any atom is 0.365 e. The first-order valence-electron chi connectivity index (χ1n) is 10.0. The molecule has 15 nitrogen and oxygen atoms in total. The van der Waals surface area contributed by atoms with Gasteiger partial charge in [0.2, 0.25) is 5.88 Å². The molecule has 3 heterocycles. The van der Waals surface area contributed by atoms with Gasteiger partial charge in [-0.1, -0.05) is 0 Å². The van der Waals surface area contributed by atoms with E-state index in [1.807, 2.05) is 0 Å². The van der Waals surface area contributed by atoms with Crippen LogP contribution in [-0.2, 0) is 23.6 Å². The van der Waals surface area contributed by atoms with E-state index in [0.717, 1.165) is 0 Å². The van der Waals surface area contributed by atoms with Crippen molar-refractivity contribution in [2.24, 2.45) is 0 Å². The molecule has 5 atom stereocenters. The Kier molecular flexibility index (Phi) is 7.48. The fourth-order valence-electron chi connectivity index (χ4n) is 3.23. The van der Waals surface area contributed by atoms with Crippen LogP contribution in [0.25, 0.3) is 11.2 Å². The van der Waals surface area contributed by atoms with Gasteiger partial charge in [0.05, 0.1) is 27.2 Å². The topological polar surface area (TPSA) is 205 Å². The maximum absolute atomic E-state index is 12.2. The molecule has 1 unspecified atom stereocenters. The normalized spacial score (nSPS) is 24.3. The van der Waals surface area contributed by atoms with Crippen molar-refractivity contribution in [3.8, 4) is 11.9 Å². The predicted octanol–water partition coefficient (Wildman–Crippen LogP) is -0.675. The lowest BCUT2D eigenvalue weighted by Gasteiger charge is -2.25. The summed E-state index contributed by atoms with van der Waals surface area (Å²) in [5.74, 6) is -3.41. The summed E-state index contributed by atoms with van der Waals surface area (Å²) in [5, 5.41) is 21.0. The molecular formula is C18H27N4O11P. The van der Waals surface area contributed by atoms with Crippen LogP contribution in [0, 0.1) is 0 Å². The van der Waals surface area contributed by atoms with E-state index >= 15 is 0 Å². The molecule has 0 bridgehead atoms. The molecule has 0 amide bonds. The molecule has 0 aromatic carbocycles. The van der Waals surface area contributed by atoms with Crippen molar-refractivity contribution in [2.45, 2.75) is 56.8 Å². The lowest BCUT2D eigenvalue weighted by Crippen LogP contribution is -2.38. The number of ether oxygens (including phenoxy) is 5. The molecule has 0 spiro atoms. The van der Waals surface area contributed by atoms with Crippen LogP contribution in [0.1, 0.15) is 27.0 Å². The highest BCUT2D eigenvalue weighted by Gasteiger charge is 2.47. The monoisotopic (exact) mass is 506 g/mol. The van der Waals surface area contributed by atoms with Gasteiger partial charge in [-0.05, 0) is 20.8 Å². The number of rotatable bonds is 8. The van der Waals surface area contributed by atoms with Gasteiger partial charge in [-0.2, -0.15) is 9.97 Å². The number of hydrogen-bond acceptors (Lipinski definition) is 12. The summed E-state index contributed by atoms with van der Waals surface area (Å²) in [7, 11) is -2.36. The third kappa shape index (κ3) is 5.46. The summed E-state index contributed by atoms with van der Waals surface area (Å²) in [4.78, 5) is 43.6. The van der Waals surface area contributed by atoms with Gasteiger partial charge in [0.25, 0.3) is 5.85 Å². The smallest absolute Gasteiger partial charge is 0.365 e. The van der Waals surface area contributed by atoms with Gasteiger partial charge in [-0.3, -0.25) is 9.13 Å². The number of esters is 1. The highest BCUT2D eigenvalue weighted by molar-refractivity contribution is 7.53. The van der Waals surface area contributed by atoms with E-state index in [0.29, 0.717) is 0 Å². The number of fused-ring (bicyclic) bond motifs is 1. The molecular weight excluding hydrogens is 479 g/mol. The molecule has 1 aliphatic heterocycles. The summed E-state index contributed by atoms with van der Waals surface area (Å²) in [6.07, 6.45) is -4.24. The van der Waals surface area contributed by atoms with E-state index in [1.54, 1.807) is 0 Å². The number of imidazole rings is 1. The highest BCUT2D eigenvalue weighted by atomic mass is 31.2. The van der Waals surface area contributed by atoms with Crippen molar-refractivity contribution in [3.63, 3.8) is 0 Å². The van der Waals surface area contributed by atoms with E-state index in [2.05, 4.69) is 15.0 Å². The highest BCUT2D eigenvalue weighted by Crippen LogP contribution is 2.43. The predicted molar refractivity (Wildman–Crippen MR) is 112 cm³/mol. The molecule has 1 saturated heterocycles. The number of methoxy groups -OCH3 is 2. The molecule has 0 radical (unpaired) electrons. The zero-order chi connectivity index (χ0) is 25.4. The summed E-state index contributed by atoms with van der Waals surface area (Å²) < 4.78 is 39.1. The lowest BCUT2D eigenvalue weighted by atomic mass is 10.1. The minimum absolute atomic E-state index is 0.0409. The molecule has 4 N–H and O–H groups in total. The van der Waals surface area contributed by atoms with Crippen LogP contribution in [0.2, 0.25) is 0 Å². The number of aliphatic hydroxyl groups is 2. The third-order valence-corrected chi connectivity index (χ3v) is 5.66. The van der Waals surface area contributed by atoms with Gasteiger partial charge in [0.15, 0.2) is 17.4 Å². The summed E-state index contributed by atoms with van der Waals surface area (Å²) in [6, 6.07) is -0.0409. The fourth-order valence-corrected chi connectivity index (χ4v) is 3.84. The molecule has 2 aromatic rings. The molecule has 1 aliphatic rings. The van der Waals surface area contributed by atoms with Crippen molar-refractivity contribution >= 4 is 24.7 Å². The van der Waals surface area contributed by atoms with Gasteiger partial charge in [-0.15, -0.1) is 0 Å². The van der Waals surface area contributed by atoms with E-state index in [4.69, 9.17) is 23.7 Å². The van der Waals surface area contributed by atoms with E-state index < -0.39 is 56.2 Å². The lowest BCUT2D eigenvalue weighted by molar-refractivity contribution is -0.166. The van der Waals surface area contributed by atoms with Gasteiger partial charge < -0.3 is 43.7 Å². The van der Waals surface area contributed by atoms with Crippen molar-refractivity contribution in [3.05, 3.63) is 6.33 Å². The zero-order valence-electron chi connectivity index (χ0n) is 19.1. The first kappa shape index (κ1) is 26.2. The van der Waals surface area contributed by atoms with E-state index in [9.17, 15) is 29.4 Å². The number of carbonyl (C=O) groups excluding carboxylic acids is 1. The first-order chi connectivity index (χ1) is 15.8. The van der Waals surface area contributed by atoms with Crippen molar-refractivity contribution in [1.29, 1.82) is 0 Å². The van der Waals surface area contributed by atoms with Crippen molar-refractivity contribution < 1.29 is 53.0 Å². The Morgan fingerprint density at radius 1 is 1.21 bits per heavy atom. The Hall–Kier alpha value is -2.39. The second kappa shape index (κ2) is 9.70. The van der Waals surface area contributed by atoms with Crippen LogP contribution < -0.4 is 9.47 Å². The van der Waals surface area contributed by atoms with E-state index in [-0.39, 0.29) is 23.1 Å². The second-order valence-electron chi connectivity index (χ2n) is 8.40. The number of nitrogens with zero attached hydrogens (tertiary/aromatic N) is 4. The molecule has 190 valence electrons. The number of carbonyl (C=O) groups is 1. The van der Waals surface area contributed by atoms with Gasteiger partial charge in [0, 0.05) is 0 Å². The molecule has 0 aliphatic carbocycles. The van der Waals surface area contributed by atoms with Crippen molar-refractivity contribution in [1.82, 2.24) is 19.5 Å². The largest absolute Gasteiger partial charge is 0.479 e. The molecule has 34 heavy (non-hydrogen) atoms. The quantitative estimate of drug-likeness (QED) is 0.259. The third-order valence-electron chi connectivity index (χ3n) is 4.69. The zero-order valence-corrected chi connectivity index (χ0v) is 19.9. The van der Waals surface area contributed by atoms with Crippen LogP contribution in [0.4, 0.5) is 0 Å². The number of aromatic nitrogens is 4. The molecule has 1 fully saturated rings. The number of hydrogen-bond donors (Lipinski definition) is 4. The van der Waals surface area contributed by atoms with Crippen LogP contribution in [-0.4, -0.2) is 96.1 Å². The maximum atomic E-state index is 12.2. The van der Waals surface area contributed by atoms with Crippen LogP contribution in [0.15, 0.2) is 6.33 Å². The fraction of sp³-hybridized carbons (Fsp3) is 0.667.